The standard InChI is InChI=1S/C34H44N2O5/c1-35-25-13-14-26(35)18-29(17-25)40-33(37)31(23-9-5-3-6-10-23)21-39-22-32(24-11-7-4-8-12-24)34(38)41-30-19-27-15-16-28(20-30)36(27)2/h3-12,25-32H,13-22H2,1-2H3/t25-,26+,27-,28+,29?,30?,31-,32?/m1/s1. The summed E-state index contributed by atoms with van der Waals surface area (Å²) in [7, 11) is 4.37. The number of carbonyl (C=O) groups is 2. The van der Waals surface area contributed by atoms with Gasteiger partial charge in [-0.1, -0.05) is 60.7 Å². The van der Waals surface area contributed by atoms with E-state index in [0.29, 0.717) is 24.2 Å². The second kappa shape index (κ2) is 12.6. The van der Waals surface area contributed by atoms with Crippen molar-refractivity contribution in [1.82, 2.24) is 9.80 Å². The molecule has 7 heteroatoms. The lowest BCUT2D eigenvalue weighted by Gasteiger charge is -2.36. The second-order valence-corrected chi connectivity index (χ2v) is 12.6. The summed E-state index contributed by atoms with van der Waals surface area (Å²) in [5, 5.41) is 0. The number of piperidine rings is 2. The molecule has 8 atom stereocenters. The average Bonchev–Trinajstić information content (AvgIpc) is 3.30. The molecular weight excluding hydrogens is 516 g/mol. The van der Waals surface area contributed by atoms with Crippen LogP contribution in [0.15, 0.2) is 60.7 Å². The molecule has 0 amide bonds. The van der Waals surface area contributed by atoms with Crippen LogP contribution >= 0.6 is 0 Å². The molecule has 7 nitrogen and oxygen atoms in total. The lowest BCUT2D eigenvalue weighted by molar-refractivity contribution is -0.157. The first-order valence-corrected chi connectivity index (χ1v) is 15.5. The summed E-state index contributed by atoms with van der Waals surface area (Å²) in [6.07, 6.45) is 8.16. The maximum Gasteiger partial charge on any atom is 0.316 e. The number of hydrogen-bond acceptors (Lipinski definition) is 7. The Hall–Kier alpha value is -2.74. The number of nitrogens with zero attached hydrogens (tertiary/aromatic N) is 2. The molecule has 0 aliphatic carbocycles. The van der Waals surface area contributed by atoms with Gasteiger partial charge in [-0.3, -0.25) is 9.59 Å². The maximum atomic E-state index is 13.6. The summed E-state index contributed by atoms with van der Waals surface area (Å²) in [6, 6.07) is 21.4. The summed E-state index contributed by atoms with van der Waals surface area (Å²) in [4.78, 5) is 32.0. The predicted molar refractivity (Wildman–Crippen MR) is 157 cm³/mol. The molecule has 220 valence electrons. The van der Waals surface area contributed by atoms with E-state index in [4.69, 9.17) is 14.2 Å². The normalized spacial score (nSPS) is 31.0. The Kier molecular flexibility index (Phi) is 8.75. The van der Waals surface area contributed by atoms with Gasteiger partial charge in [0.1, 0.15) is 24.0 Å². The van der Waals surface area contributed by atoms with E-state index in [9.17, 15) is 9.59 Å². The Morgan fingerprint density at radius 1 is 0.634 bits per heavy atom. The highest BCUT2D eigenvalue weighted by Gasteiger charge is 2.42. The Morgan fingerprint density at radius 3 is 1.32 bits per heavy atom. The van der Waals surface area contributed by atoms with Gasteiger partial charge in [0.2, 0.25) is 0 Å². The summed E-state index contributed by atoms with van der Waals surface area (Å²) in [5.41, 5.74) is 1.74. The molecule has 0 N–H and O–H groups in total. The fourth-order valence-corrected chi connectivity index (χ4v) is 7.68. The quantitative estimate of drug-likeness (QED) is 0.383. The van der Waals surface area contributed by atoms with Crippen LogP contribution in [0.4, 0.5) is 0 Å². The van der Waals surface area contributed by atoms with Gasteiger partial charge >= 0.3 is 11.9 Å². The molecular formula is C34H44N2O5. The number of ether oxygens (including phenoxy) is 3. The first-order valence-electron chi connectivity index (χ1n) is 15.5. The van der Waals surface area contributed by atoms with E-state index in [2.05, 4.69) is 23.9 Å². The van der Waals surface area contributed by atoms with E-state index in [1.165, 1.54) is 25.7 Å². The van der Waals surface area contributed by atoms with Crippen molar-refractivity contribution in [1.29, 1.82) is 0 Å². The molecule has 6 rings (SSSR count). The van der Waals surface area contributed by atoms with Crippen molar-refractivity contribution in [3.05, 3.63) is 71.8 Å². The van der Waals surface area contributed by atoms with Crippen molar-refractivity contribution in [3.63, 3.8) is 0 Å². The average molecular weight is 561 g/mol. The highest BCUT2D eigenvalue weighted by Crippen LogP contribution is 2.37. The molecule has 2 aromatic carbocycles. The fourth-order valence-electron chi connectivity index (χ4n) is 7.68. The van der Waals surface area contributed by atoms with E-state index < -0.39 is 11.8 Å². The van der Waals surface area contributed by atoms with Crippen molar-refractivity contribution >= 4 is 11.9 Å². The van der Waals surface area contributed by atoms with Crippen LogP contribution < -0.4 is 0 Å². The smallest absolute Gasteiger partial charge is 0.316 e. The van der Waals surface area contributed by atoms with Gasteiger partial charge in [-0.05, 0) is 76.6 Å². The topological polar surface area (TPSA) is 68.3 Å². The molecule has 0 radical (unpaired) electrons. The summed E-state index contributed by atoms with van der Waals surface area (Å²) in [5.74, 6) is -1.59. The van der Waals surface area contributed by atoms with E-state index in [0.717, 1.165) is 36.8 Å². The third-order valence-electron chi connectivity index (χ3n) is 10.2. The van der Waals surface area contributed by atoms with E-state index in [1.807, 2.05) is 60.7 Å². The van der Waals surface area contributed by atoms with Gasteiger partial charge in [-0.25, -0.2) is 0 Å². The van der Waals surface area contributed by atoms with Gasteiger partial charge in [0.15, 0.2) is 0 Å². The van der Waals surface area contributed by atoms with Gasteiger partial charge in [0.25, 0.3) is 0 Å². The van der Waals surface area contributed by atoms with Crippen LogP contribution in [0.2, 0.25) is 0 Å². The molecule has 4 aliphatic rings. The van der Waals surface area contributed by atoms with Crippen molar-refractivity contribution < 1.29 is 23.8 Å². The maximum absolute atomic E-state index is 13.6. The van der Waals surface area contributed by atoms with Gasteiger partial charge < -0.3 is 24.0 Å². The number of carbonyl (C=O) groups excluding carboxylic acids is 2. The number of benzene rings is 2. The molecule has 4 bridgehead atoms. The van der Waals surface area contributed by atoms with Crippen molar-refractivity contribution in [2.45, 2.75) is 99.6 Å². The lowest BCUT2D eigenvalue weighted by atomic mass is 9.97. The third-order valence-corrected chi connectivity index (χ3v) is 10.2. The van der Waals surface area contributed by atoms with E-state index in [-0.39, 0.29) is 37.4 Å². The summed E-state index contributed by atoms with van der Waals surface area (Å²) < 4.78 is 18.5. The van der Waals surface area contributed by atoms with Crippen LogP contribution in [-0.2, 0) is 23.8 Å². The second-order valence-electron chi connectivity index (χ2n) is 12.6. The highest BCUT2D eigenvalue weighted by atomic mass is 16.6. The minimum absolute atomic E-state index is 0.0562. The third kappa shape index (κ3) is 6.37. The molecule has 4 saturated heterocycles. The van der Waals surface area contributed by atoms with Crippen LogP contribution in [0.1, 0.15) is 74.3 Å². The van der Waals surface area contributed by atoms with Crippen LogP contribution in [0.3, 0.4) is 0 Å². The van der Waals surface area contributed by atoms with Gasteiger partial charge in [0.05, 0.1) is 13.2 Å². The minimum atomic E-state index is -0.551. The molecule has 2 aromatic rings. The van der Waals surface area contributed by atoms with Crippen LogP contribution in [0, 0.1) is 0 Å². The van der Waals surface area contributed by atoms with Crippen LogP contribution in [-0.4, -0.2) is 85.4 Å². The highest BCUT2D eigenvalue weighted by molar-refractivity contribution is 5.79. The molecule has 4 heterocycles. The zero-order valence-corrected chi connectivity index (χ0v) is 24.4. The minimum Gasteiger partial charge on any atom is -0.462 e. The summed E-state index contributed by atoms with van der Waals surface area (Å²) in [6.45, 7) is 0.300. The van der Waals surface area contributed by atoms with Gasteiger partial charge in [-0.15, -0.1) is 0 Å². The number of rotatable bonds is 10. The van der Waals surface area contributed by atoms with Gasteiger partial charge in [-0.2, -0.15) is 0 Å². The Bertz CT molecular complexity index is 1060. The largest absolute Gasteiger partial charge is 0.462 e. The number of esters is 2. The fraction of sp³-hybridized carbons (Fsp3) is 0.588. The monoisotopic (exact) mass is 560 g/mol. The Morgan fingerprint density at radius 2 is 0.976 bits per heavy atom. The zero-order chi connectivity index (χ0) is 28.3. The Labute approximate surface area is 244 Å². The van der Waals surface area contributed by atoms with Crippen molar-refractivity contribution in [2.24, 2.45) is 0 Å². The SMILES string of the molecule is CN1[C@@H]2CC[C@H]1CC(OC(=O)C(COC[C@@H](C(=O)OC1C[C@H]3CC[C@@H](C1)N3C)c1ccccc1)c1ccccc1)C2. The summed E-state index contributed by atoms with van der Waals surface area (Å²) >= 11 is 0. The van der Waals surface area contributed by atoms with E-state index >= 15 is 0 Å². The number of fused-ring (bicyclic) bond motifs is 4. The molecule has 41 heavy (non-hydrogen) atoms. The Balaban J connectivity index is 1.11. The van der Waals surface area contributed by atoms with Crippen molar-refractivity contribution in [2.75, 3.05) is 27.3 Å². The van der Waals surface area contributed by atoms with E-state index in [1.54, 1.807) is 0 Å². The lowest BCUT2D eigenvalue weighted by Crippen LogP contribution is -2.44. The van der Waals surface area contributed by atoms with Crippen LogP contribution in [0.25, 0.3) is 0 Å². The number of hydrogen-bond donors (Lipinski definition) is 0. The first-order chi connectivity index (χ1) is 20.0. The molecule has 3 unspecified atom stereocenters. The van der Waals surface area contributed by atoms with Crippen LogP contribution in [0.5, 0.6) is 0 Å². The zero-order valence-electron chi connectivity index (χ0n) is 24.4. The molecule has 0 spiro atoms. The van der Waals surface area contributed by atoms with Crippen molar-refractivity contribution in [3.8, 4) is 0 Å². The first kappa shape index (κ1) is 28.4. The van der Waals surface area contributed by atoms with Gasteiger partial charge in [0, 0.05) is 24.2 Å². The molecule has 0 aromatic heterocycles. The molecule has 4 aliphatic heterocycles. The molecule has 0 saturated carbocycles. The molecule has 4 fully saturated rings. The predicted octanol–water partition coefficient (Wildman–Crippen LogP) is 4.91.